The third kappa shape index (κ3) is 12.6. The largest absolute Gasteiger partial charge is 0.497 e. The molecule has 1 saturated heterocycles. The third-order valence-corrected chi connectivity index (χ3v) is 9.99. The fourth-order valence-electron chi connectivity index (χ4n) is 6.84. The van der Waals surface area contributed by atoms with E-state index in [1.165, 1.54) is 12.8 Å². The highest BCUT2D eigenvalue weighted by Crippen LogP contribution is 2.46. The summed E-state index contributed by atoms with van der Waals surface area (Å²) in [5.41, 5.74) is 1.34. The zero-order valence-electron chi connectivity index (χ0n) is 32.2. The molecule has 17 heteroatoms. The number of hydrogen-bond acceptors (Lipinski definition) is 12. The van der Waals surface area contributed by atoms with Gasteiger partial charge in [-0.2, -0.15) is 28.1 Å². The average molecular weight is 787 g/mol. The molecule has 1 aromatic heterocycles. The number of rotatable bonds is 8. The molecule has 0 radical (unpaired) electrons. The highest BCUT2D eigenvalue weighted by Gasteiger charge is 2.44. The first kappa shape index (κ1) is 40.9. The lowest BCUT2D eigenvalue weighted by molar-refractivity contribution is -0.154. The normalized spacial score (nSPS) is 20.7. The number of carbonyl (C=O) groups excluding carboxylic acids is 2. The predicted molar refractivity (Wildman–Crippen MR) is 202 cm³/mol. The number of alkyl halides is 3. The van der Waals surface area contributed by atoms with Gasteiger partial charge in [0.1, 0.15) is 11.5 Å². The molecule has 2 amide bonds. The molecule has 306 valence electrons. The summed E-state index contributed by atoms with van der Waals surface area (Å²) in [5, 5.41) is 9.36. The van der Waals surface area contributed by atoms with Gasteiger partial charge in [-0.15, -0.1) is 0 Å². The van der Waals surface area contributed by atoms with E-state index in [1.807, 2.05) is 38.1 Å². The number of likely N-dealkylation sites (tertiary alicyclic amines) is 1. The Morgan fingerprint density at radius 1 is 0.964 bits per heavy atom. The van der Waals surface area contributed by atoms with E-state index in [-0.39, 0.29) is 55.0 Å². The van der Waals surface area contributed by atoms with Crippen molar-refractivity contribution in [1.82, 2.24) is 30.1 Å². The Hall–Kier alpha value is -4.80. The highest BCUT2D eigenvalue weighted by molar-refractivity contribution is 5.97. The van der Waals surface area contributed by atoms with Crippen LogP contribution < -0.4 is 25.4 Å². The van der Waals surface area contributed by atoms with Gasteiger partial charge in [-0.05, 0) is 95.7 Å². The van der Waals surface area contributed by atoms with Crippen LogP contribution in [0.1, 0.15) is 70.8 Å². The molecular formula is C39H53F3N8O6. The number of benzene rings is 1. The van der Waals surface area contributed by atoms with E-state index in [4.69, 9.17) is 18.9 Å². The van der Waals surface area contributed by atoms with Crippen LogP contribution in [0.4, 0.5) is 29.9 Å². The van der Waals surface area contributed by atoms with Crippen molar-refractivity contribution >= 4 is 23.9 Å². The predicted octanol–water partition coefficient (Wildman–Crippen LogP) is 5.84. The van der Waals surface area contributed by atoms with Crippen molar-refractivity contribution in [3.63, 3.8) is 0 Å². The van der Waals surface area contributed by atoms with Crippen molar-refractivity contribution in [2.75, 3.05) is 69.7 Å². The Balaban J connectivity index is 1.20. The van der Waals surface area contributed by atoms with Gasteiger partial charge in [0.05, 0.1) is 30.9 Å². The highest BCUT2D eigenvalue weighted by atomic mass is 19.4. The standard InChI is InChI=1S/C39H53F3N8O6/c1-27(2)56-37(52)50-18-5-6-20-54-32-22-29(10-13-31(32)33(51)44-24-38(14-15-38)25-49-16-3-4-17-49)45-35-46-34(47-36(48-35)55-26-39(40,41)42)43-23-28-8-11-30(12-9-28)53-21-7-19-50/h8-13,27,29H,3-7,14-26H2,1-2H3,(H,44,51)(H2,43,45,46,47,48). The molecule has 1 aromatic carbocycles. The van der Waals surface area contributed by atoms with Crippen molar-refractivity contribution in [3.05, 3.63) is 53.3 Å². The van der Waals surface area contributed by atoms with E-state index in [0.717, 1.165) is 38.0 Å². The number of ether oxygens (including phenoxy) is 4. The van der Waals surface area contributed by atoms with Gasteiger partial charge in [-0.3, -0.25) is 4.79 Å². The Kier molecular flexibility index (Phi) is 13.8. The number of fused-ring (bicyclic) bond motifs is 12. The lowest BCUT2D eigenvalue weighted by Gasteiger charge is -2.26. The number of aromatic nitrogens is 3. The third-order valence-electron chi connectivity index (χ3n) is 9.99. The van der Waals surface area contributed by atoms with Gasteiger partial charge in [0.2, 0.25) is 11.9 Å². The Morgan fingerprint density at radius 3 is 2.41 bits per heavy atom. The van der Waals surface area contributed by atoms with Gasteiger partial charge in [0.25, 0.3) is 5.91 Å². The second-order valence-corrected chi connectivity index (χ2v) is 15.2. The van der Waals surface area contributed by atoms with Crippen molar-refractivity contribution < 1.29 is 41.7 Å². The topological polar surface area (TPSA) is 152 Å². The molecule has 56 heavy (non-hydrogen) atoms. The van der Waals surface area contributed by atoms with Crippen LogP contribution in [0.2, 0.25) is 0 Å². The maximum atomic E-state index is 13.7. The molecule has 3 N–H and O–H groups in total. The summed E-state index contributed by atoms with van der Waals surface area (Å²) in [4.78, 5) is 43.4. The second kappa shape index (κ2) is 18.9. The first-order valence-electron chi connectivity index (χ1n) is 19.6. The SMILES string of the molecule is CC(C)OC(=O)N1CCCCOC2=C(C(=O)NCC3(CN4CCCC4)CC3)C=CC(C2)Nc2nc(nc(OCC(F)(F)F)n2)NCc2ccc(cc2)OCCC1. The summed E-state index contributed by atoms with van der Waals surface area (Å²) in [6, 6.07) is 6.33. The molecule has 14 nitrogen and oxygen atoms in total. The van der Waals surface area contributed by atoms with Crippen LogP contribution in [0.5, 0.6) is 11.8 Å². The van der Waals surface area contributed by atoms with Crippen LogP contribution >= 0.6 is 0 Å². The first-order valence-corrected chi connectivity index (χ1v) is 19.6. The zero-order chi connectivity index (χ0) is 39.5. The van der Waals surface area contributed by atoms with Gasteiger partial charge >= 0.3 is 18.3 Å². The van der Waals surface area contributed by atoms with Crippen molar-refractivity contribution in [2.45, 2.75) is 90.1 Å². The summed E-state index contributed by atoms with van der Waals surface area (Å²) in [6.45, 7) is 7.62. The molecule has 0 spiro atoms. The molecule has 2 aliphatic carbocycles. The van der Waals surface area contributed by atoms with E-state index in [9.17, 15) is 22.8 Å². The minimum Gasteiger partial charge on any atom is -0.497 e. The van der Waals surface area contributed by atoms with Crippen LogP contribution in [-0.2, 0) is 20.8 Å². The average Bonchev–Trinajstić information content (AvgIpc) is 3.73. The van der Waals surface area contributed by atoms with Crippen LogP contribution in [0.3, 0.4) is 0 Å². The molecule has 3 aliphatic heterocycles. The maximum Gasteiger partial charge on any atom is 0.422 e. The number of halogens is 3. The maximum absolute atomic E-state index is 13.7. The molecule has 1 saturated carbocycles. The number of anilines is 2. The quantitative estimate of drug-likeness (QED) is 0.295. The second-order valence-electron chi connectivity index (χ2n) is 15.2. The van der Waals surface area contributed by atoms with Crippen molar-refractivity contribution in [3.8, 4) is 11.8 Å². The summed E-state index contributed by atoms with van der Waals surface area (Å²) < 4.78 is 61.9. The number of nitrogens with zero attached hydrogens (tertiary/aromatic N) is 5. The molecule has 4 heterocycles. The van der Waals surface area contributed by atoms with E-state index in [1.54, 1.807) is 17.1 Å². The summed E-state index contributed by atoms with van der Waals surface area (Å²) in [7, 11) is 0. The van der Waals surface area contributed by atoms with E-state index in [0.29, 0.717) is 62.6 Å². The number of amides is 2. The minimum absolute atomic E-state index is 0.00810. The molecule has 1 atom stereocenters. The number of hydrogen-bond donors (Lipinski definition) is 3. The monoisotopic (exact) mass is 786 g/mol. The number of carbonyl (C=O) groups is 2. The molecule has 2 fully saturated rings. The molecule has 1 unspecified atom stereocenters. The van der Waals surface area contributed by atoms with E-state index >= 15 is 0 Å². The smallest absolute Gasteiger partial charge is 0.422 e. The fraction of sp³-hybridized carbons (Fsp3) is 0.615. The van der Waals surface area contributed by atoms with E-state index < -0.39 is 24.8 Å². The van der Waals surface area contributed by atoms with Crippen molar-refractivity contribution in [1.29, 1.82) is 0 Å². The zero-order valence-corrected chi connectivity index (χ0v) is 32.2. The summed E-state index contributed by atoms with van der Waals surface area (Å²) in [5.74, 6) is 0.865. The Labute approximate surface area is 325 Å². The minimum atomic E-state index is -4.60. The van der Waals surface area contributed by atoms with Crippen LogP contribution in [0.15, 0.2) is 47.7 Å². The molecule has 7 rings (SSSR count). The fourth-order valence-corrected chi connectivity index (χ4v) is 6.84. The molecule has 6 bridgehead atoms. The van der Waals surface area contributed by atoms with Gasteiger partial charge in [-0.25, -0.2) is 4.79 Å². The van der Waals surface area contributed by atoms with Gasteiger partial charge < -0.3 is 44.7 Å². The summed E-state index contributed by atoms with van der Waals surface area (Å²) in [6.07, 6.45) is 4.86. The van der Waals surface area contributed by atoms with Gasteiger partial charge in [0, 0.05) is 44.6 Å². The Morgan fingerprint density at radius 2 is 1.68 bits per heavy atom. The van der Waals surface area contributed by atoms with Crippen LogP contribution in [0.25, 0.3) is 0 Å². The number of nitrogens with one attached hydrogen (secondary N) is 3. The lowest BCUT2D eigenvalue weighted by atomic mass is 9.99. The van der Waals surface area contributed by atoms with Gasteiger partial charge in [0.15, 0.2) is 6.61 Å². The Bertz CT molecular complexity index is 1700. The molecular weight excluding hydrogens is 733 g/mol. The van der Waals surface area contributed by atoms with Crippen LogP contribution in [-0.4, -0.2) is 114 Å². The van der Waals surface area contributed by atoms with Gasteiger partial charge in [-0.1, -0.05) is 18.2 Å². The molecule has 2 aromatic rings. The lowest BCUT2D eigenvalue weighted by Crippen LogP contribution is -2.38. The van der Waals surface area contributed by atoms with Crippen LogP contribution in [0, 0.1) is 5.41 Å². The molecule has 5 aliphatic rings. The summed E-state index contributed by atoms with van der Waals surface area (Å²) >= 11 is 0. The van der Waals surface area contributed by atoms with Crippen molar-refractivity contribution in [2.24, 2.45) is 5.41 Å². The van der Waals surface area contributed by atoms with E-state index in [2.05, 4.69) is 35.8 Å². The first-order chi connectivity index (χ1) is 26.9.